The molecule has 1 aromatic carbocycles. The van der Waals surface area contributed by atoms with Crippen molar-refractivity contribution in [1.29, 1.82) is 0 Å². The summed E-state index contributed by atoms with van der Waals surface area (Å²) in [6.07, 6.45) is -8.41. The maximum Gasteiger partial charge on any atom is 0.431 e. The van der Waals surface area contributed by atoms with Gasteiger partial charge in [0, 0.05) is 18.5 Å². The predicted octanol–water partition coefficient (Wildman–Crippen LogP) is 5.59. The van der Waals surface area contributed by atoms with Crippen LogP contribution < -0.4 is 5.56 Å². The van der Waals surface area contributed by atoms with Gasteiger partial charge in [0.1, 0.15) is 5.69 Å². The molecule has 1 saturated carbocycles. The molecule has 0 bridgehead atoms. The van der Waals surface area contributed by atoms with Crippen LogP contribution in [0.25, 0.3) is 0 Å². The molecule has 0 unspecified atom stereocenters. The smallest absolute Gasteiger partial charge is 0.304 e. The first-order valence-electron chi connectivity index (χ1n) is 8.93. The Labute approximate surface area is 157 Å². The Bertz CT molecular complexity index is 922. The minimum Gasteiger partial charge on any atom is -0.304 e. The van der Waals surface area contributed by atoms with E-state index in [-0.39, 0.29) is 24.9 Å². The van der Waals surface area contributed by atoms with Crippen LogP contribution in [0.15, 0.2) is 35.1 Å². The van der Waals surface area contributed by atoms with Gasteiger partial charge < -0.3 is 4.57 Å². The Balaban J connectivity index is 2.17. The molecule has 1 aromatic heterocycles. The molecule has 8 heteroatoms. The lowest BCUT2D eigenvalue weighted by Gasteiger charge is -2.21. The SMILES string of the molecule is Cc1cccc(Cc2c(C(F)(F)F)cc(C(F)(F)F)n(CCC3CC3)c2=O)c1. The van der Waals surface area contributed by atoms with Gasteiger partial charge in [-0.05, 0) is 30.9 Å². The molecular formula is C20H19F6NO. The first kappa shape index (κ1) is 20.5. The normalized spacial score (nSPS) is 15.1. The molecule has 1 aliphatic rings. The summed E-state index contributed by atoms with van der Waals surface area (Å²) in [6.45, 7) is 1.51. The van der Waals surface area contributed by atoms with E-state index in [1.165, 1.54) is 0 Å². The molecular weight excluding hydrogens is 384 g/mol. The van der Waals surface area contributed by atoms with Gasteiger partial charge in [-0.25, -0.2) is 0 Å². The van der Waals surface area contributed by atoms with E-state index < -0.39 is 34.7 Å². The number of halogens is 6. The molecule has 0 radical (unpaired) electrons. The largest absolute Gasteiger partial charge is 0.431 e. The lowest BCUT2D eigenvalue weighted by atomic mass is 9.98. The van der Waals surface area contributed by atoms with Crippen LogP contribution in [0.1, 0.15) is 47.2 Å². The van der Waals surface area contributed by atoms with Gasteiger partial charge in [-0.3, -0.25) is 4.79 Å². The zero-order valence-corrected chi connectivity index (χ0v) is 15.1. The Morgan fingerprint density at radius 3 is 2.25 bits per heavy atom. The van der Waals surface area contributed by atoms with Crippen LogP contribution >= 0.6 is 0 Å². The maximum atomic E-state index is 13.5. The molecule has 2 aromatic rings. The van der Waals surface area contributed by atoms with Crippen molar-refractivity contribution in [3.05, 3.63) is 68.6 Å². The molecule has 0 N–H and O–H groups in total. The van der Waals surface area contributed by atoms with Gasteiger partial charge >= 0.3 is 12.4 Å². The van der Waals surface area contributed by atoms with Crippen LogP contribution in [0.5, 0.6) is 0 Å². The lowest BCUT2D eigenvalue weighted by Crippen LogP contribution is -2.34. The van der Waals surface area contributed by atoms with Crippen molar-refractivity contribution in [3.63, 3.8) is 0 Å². The summed E-state index contributed by atoms with van der Waals surface area (Å²) in [5, 5.41) is 0. The summed E-state index contributed by atoms with van der Waals surface area (Å²) in [5.74, 6) is 0.232. The van der Waals surface area contributed by atoms with Crippen LogP contribution in [-0.2, 0) is 25.3 Å². The fourth-order valence-electron chi connectivity index (χ4n) is 3.31. The van der Waals surface area contributed by atoms with Crippen LogP contribution in [0.3, 0.4) is 0 Å². The maximum absolute atomic E-state index is 13.5. The Hall–Kier alpha value is -2.25. The molecule has 0 amide bonds. The number of alkyl halides is 6. The van der Waals surface area contributed by atoms with Crippen molar-refractivity contribution in [2.24, 2.45) is 5.92 Å². The number of aromatic nitrogens is 1. The molecule has 152 valence electrons. The number of pyridine rings is 1. The second-order valence-electron chi connectivity index (χ2n) is 7.27. The molecule has 1 fully saturated rings. The summed E-state index contributed by atoms with van der Waals surface area (Å²) in [7, 11) is 0. The number of hydrogen-bond acceptors (Lipinski definition) is 1. The Morgan fingerprint density at radius 2 is 1.71 bits per heavy atom. The van der Waals surface area contributed by atoms with Crippen LogP contribution in [0, 0.1) is 12.8 Å². The topological polar surface area (TPSA) is 22.0 Å². The van der Waals surface area contributed by atoms with E-state index in [9.17, 15) is 31.1 Å². The van der Waals surface area contributed by atoms with Crippen molar-refractivity contribution in [3.8, 4) is 0 Å². The highest BCUT2D eigenvalue weighted by atomic mass is 19.4. The molecule has 0 aliphatic heterocycles. The monoisotopic (exact) mass is 403 g/mol. The van der Waals surface area contributed by atoms with E-state index >= 15 is 0 Å². The predicted molar refractivity (Wildman–Crippen MR) is 92.0 cm³/mol. The molecule has 0 spiro atoms. The highest BCUT2D eigenvalue weighted by Crippen LogP contribution is 2.38. The standard InChI is InChI=1S/C20H19F6NO/c1-12-3-2-4-14(9-12)10-15-16(19(21,22)23)11-17(20(24,25)26)27(18(15)28)8-7-13-5-6-13/h2-4,9,11,13H,5-8,10H2,1H3. The summed E-state index contributed by atoms with van der Waals surface area (Å²) in [4.78, 5) is 12.8. The van der Waals surface area contributed by atoms with Crippen molar-refractivity contribution in [2.75, 3.05) is 0 Å². The third kappa shape index (κ3) is 4.59. The van der Waals surface area contributed by atoms with E-state index in [0.717, 1.165) is 18.4 Å². The minimum absolute atomic E-state index is 0.0828. The summed E-state index contributed by atoms with van der Waals surface area (Å²) in [5.41, 5.74) is -3.71. The van der Waals surface area contributed by atoms with Gasteiger partial charge in [0.05, 0.1) is 5.56 Å². The fraction of sp³-hybridized carbons (Fsp3) is 0.450. The van der Waals surface area contributed by atoms with Crippen LogP contribution in [0.2, 0.25) is 0 Å². The van der Waals surface area contributed by atoms with Crippen molar-refractivity contribution < 1.29 is 26.3 Å². The van der Waals surface area contributed by atoms with Gasteiger partial charge in [0.25, 0.3) is 5.56 Å². The molecule has 1 aliphatic carbocycles. The zero-order chi connectivity index (χ0) is 20.7. The molecule has 1 heterocycles. The van der Waals surface area contributed by atoms with E-state index in [1.54, 1.807) is 31.2 Å². The van der Waals surface area contributed by atoms with Crippen molar-refractivity contribution >= 4 is 0 Å². The van der Waals surface area contributed by atoms with E-state index in [2.05, 4.69) is 0 Å². The molecule has 3 rings (SSSR count). The number of hydrogen-bond donors (Lipinski definition) is 0. The Kier molecular flexibility index (Phi) is 5.34. The lowest BCUT2D eigenvalue weighted by molar-refractivity contribution is -0.148. The third-order valence-electron chi connectivity index (χ3n) is 4.92. The third-order valence-corrected chi connectivity index (χ3v) is 4.92. The summed E-state index contributed by atoms with van der Waals surface area (Å²) in [6, 6.07) is 6.63. The average Bonchev–Trinajstić information content (AvgIpc) is 3.37. The zero-order valence-electron chi connectivity index (χ0n) is 15.1. The van der Waals surface area contributed by atoms with Gasteiger partial charge in [-0.1, -0.05) is 42.7 Å². The Morgan fingerprint density at radius 1 is 1.04 bits per heavy atom. The van der Waals surface area contributed by atoms with Gasteiger partial charge in [0.2, 0.25) is 0 Å². The highest BCUT2D eigenvalue weighted by Gasteiger charge is 2.42. The summed E-state index contributed by atoms with van der Waals surface area (Å²) < 4.78 is 81.3. The second kappa shape index (κ2) is 7.29. The second-order valence-corrected chi connectivity index (χ2v) is 7.27. The molecule has 0 atom stereocenters. The van der Waals surface area contributed by atoms with Crippen LogP contribution in [-0.4, -0.2) is 4.57 Å². The first-order chi connectivity index (χ1) is 13.0. The van der Waals surface area contributed by atoms with Gasteiger partial charge in [-0.15, -0.1) is 0 Å². The summed E-state index contributed by atoms with van der Waals surface area (Å²) >= 11 is 0. The van der Waals surface area contributed by atoms with E-state index in [1.807, 2.05) is 0 Å². The van der Waals surface area contributed by atoms with Gasteiger partial charge in [-0.2, -0.15) is 26.3 Å². The number of nitrogens with zero attached hydrogens (tertiary/aromatic N) is 1. The van der Waals surface area contributed by atoms with E-state index in [4.69, 9.17) is 0 Å². The number of benzene rings is 1. The average molecular weight is 403 g/mol. The molecule has 28 heavy (non-hydrogen) atoms. The van der Waals surface area contributed by atoms with Crippen LogP contribution in [0.4, 0.5) is 26.3 Å². The quantitative estimate of drug-likeness (QED) is 0.597. The molecule has 0 saturated heterocycles. The minimum atomic E-state index is -5.06. The van der Waals surface area contributed by atoms with Gasteiger partial charge in [0.15, 0.2) is 0 Å². The first-order valence-corrected chi connectivity index (χ1v) is 8.93. The number of aryl methyl sites for hydroxylation is 1. The van der Waals surface area contributed by atoms with Crippen molar-refractivity contribution in [1.82, 2.24) is 4.57 Å². The highest BCUT2D eigenvalue weighted by molar-refractivity contribution is 5.36. The van der Waals surface area contributed by atoms with Crippen molar-refractivity contribution in [2.45, 2.75) is 51.5 Å². The van der Waals surface area contributed by atoms with E-state index in [0.29, 0.717) is 16.6 Å². The molecule has 2 nitrogen and oxygen atoms in total. The fourth-order valence-corrected chi connectivity index (χ4v) is 3.31. The number of rotatable bonds is 5.